The van der Waals surface area contributed by atoms with E-state index < -0.39 is 0 Å². The molecule has 0 bridgehead atoms. The van der Waals surface area contributed by atoms with Gasteiger partial charge in [-0.15, -0.1) is 0 Å². The normalized spacial score (nSPS) is 19.7. The highest BCUT2D eigenvalue weighted by Gasteiger charge is 2.31. The van der Waals surface area contributed by atoms with E-state index >= 15 is 0 Å². The van der Waals surface area contributed by atoms with Crippen LogP contribution in [0.3, 0.4) is 0 Å². The van der Waals surface area contributed by atoms with Gasteiger partial charge >= 0.3 is 11.8 Å². The molecule has 0 aromatic carbocycles. The summed E-state index contributed by atoms with van der Waals surface area (Å²) in [6.45, 7) is 5.58. The van der Waals surface area contributed by atoms with Gasteiger partial charge < -0.3 is 9.80 Å². The molecule has 4 heteroatoms. The van der Waals surface area contributed by atoms with Gasteiger partial charge in [0, 0.05) is 26.2 Å². The summed E-state index contributed by atoms with van der Waals surface area (Å²) in [5, 5.41) is 0. The van der Waals surface area contributed by atoms with Gasteiger partial charge in [-0.05, 0) is 32.1 Å². The third-order valence-electron chi connectivity index (χ3n) is 3.74. The number of hydrogen-bond donors (Lipinski definition) is 0. The molecule has 1 heterocycles. The molecule has 1 rings (SSSR count). The summed E-state index contributed by atoms with van der Waals surface area (Å²) in [6.07, 6.45) is 6.15. The third kappa shape index (κ3) is 3.72. The molecular formula is C14H26N2O2. The molecule has 0 spiro atoms. The molecule has 1 saturated heterocycles. The fourth-order valence-corrected chi connectivity index (χ4v) is 2.48. The second-order valence-corrected chi connectivity index (χ2v) is 5.14. The Morgan fingerprint density at radius 3 is 2.61 bits per heavy atom. The van der Waals surface area contributed by atoms with Crippen molar-refractivity contribution in [2.24, 2.45) is 0 Å². The Morgan fingerprint density at radius 1 is 1.28 bits per heavy atom. The molecule has 1 atom stereocenters. The number of piperidine rings is 1. The van der Waals surface area contributed by atoms with Gasteiger partial charge in [0.05, 0.1) is 0 Å². The highest BCUT2D eigenvalue weighted by Crippen LogP contribution is 2.19. The van der Waals surface area contributed by atoms with Gasteiger partial charge in [-0.1, -0.05) is 20.3 Å². The van der Waals surface area contributed by atoms with Crippen molar-refractivity contribution in [1.82, 2.24) is 9.80 Å². The topological polar surface area (TPSA) is 40.6 Å². The van der Waals surface area contributed by atoms with Crippen LogP contribution in [0.15, 0.2) is 0 Å². The van der Waals surface area contributed by atoms with Gasteiger partial charge in [-0.3, -0.25) is 9.59 Å². The lowest BCUT2D eigenvalue weighted by Gasteiger charge is -2.35. The Labute approximate surface area is 110 Å². The molecular weight excluding hydrogens is 228 g/mol. The summed E-state index contributed by atoms with van der Waals surface area (Å²) < 4.78 is 0. The van der Waals surface area contributed by atoms with Crippen molar-refractivity contribution < 1.29 is 9.59 Å². The zero-order valence-corrected chi connectivity index (χ0v) is 11.9. The molecule has 104 valence electrons. The van der Waals surface area contributed by atoms with Crippen molar-refractivity contribution in [2.45, 2.75) is 58.4 Å². The van der Waals surface area contributed by atoms with Crippen molar-refractivity contribution in [3.8, 4) is 0 Å². The molecule has 0 radical (unpaired) electrons. The van der Waals surface area contributed by atoms with Crippen LogP contribution in [0.25, 0.3) is 0 Å². The first-order chi connectivity index (χ1) is 8.61. The highest BCUT2D eigenvalue weighted by atomic mass is 16.2. The maximum atomic E-state index is 12.2. The summed E-state index contributed by atoms with van der Waals surface area (Å²) >= 11 is 0. The van der Waals surface area contributed by atoms with Crippen molar-refractivity contribution >= 4 is 11.8 Å². The number of amides is 2. The second-order valence-electron chi connectivity index (χ2n) is 5.14. The van der Waals surface area contributed by atoms with E-state index in [1.807, 2.05) is 0 Å². The van der Waals surface area contributed by atoms with Crippen LogP contribution >= 0.6 is 0 Å². The maximum absolute atomic E-state index is 12.2. The van der Waals surface area contributed by atoms with E-state index in [4.69, 9.17) is 0 Å². The van der Waals surface area contributed by atoms with Crippen LogP contribution in [0.2, 0.25) is 0 Å². The lowest BCUT2D eigenvalue weighted by Crippen LogP contribution is -2.50. The Morgan fingerprint density at radius 2 is 2.00 bits per heavy atom. The Hall–Kier alpha value is -1.06. The average Bonchev–Trinajstić information content (AvgIpc) is 2.42. The zero-order chi connectivity index (χ0) is 13.5. The molecule has 2 amide bonds. The van der Waals surface area contributed by atoms with E-state index in [1.54, 1.807) is 16.8 Å². The summed E-state index contributed by atoms with van der Waals surface area (Å²) in [7, 11) is 1.72. The molecule has 4 nitrogen and oxygen atoms in total. The highest BCUT2D eigenvalue weighted by molar-refractivity contribution is 6.34. The van der Waals surface area contributed by atoms with E-state index in [1.165, 1.54) is 6.42 Å². The van der Waals surface area contributed by atoms with Gasteiger partial charge in [0.15, 0.2) is 0 Å². The lowest BCUT2D eigenvalue weighted by molar-refractivity contribution is -0.153. The molecule has 1 aliphatic heterocycles. The molecule has 18 heavy (non-hydrogen) atoms. The summed E-state index contributed by atoms with van der Waals surface area (Å²) in [6, 6.07) is 0.259. The van der Waals surface area contributed by atoms with Crippen LogP contribution in [0, 0.1) is 0 Å². The van der Waals surface area contributed by atoms with Gasteiger partial charge in [-0.2, -0.15) is 0 Å². The number of hydrogen-bond acceptors (Lipinski definition) is 2. The van der Waals surface area contributed by atoms with Gasteiger partial charge in [0.25, 0.3) is 0 Å². The minimum Gasteiger partial charge on any atom is -0.338 e. The number of likely N-dealkylation sites (tertiary alicyclic amines) is 1. The average molecular weight is 254 g/mol. The molecule has 0 aliphatic carbocycles. The Kier molecular flexibility index (Phi) is 6.16. The number of likely N-dealkylation sites (N-methyl/N-ethyl adjacent to an activating group) is 1. The largest absolute Gasteiger partial charge is 0.338 e. The predicted octanol–water partition coefficient (Wildman–Crippen LogP) is 2.04. The van der Waals surface area contributed by atoms with Gasteiger partial charge in [-0.25, -0.2) is 0 Å². The van der Waals surface area contributed by atoms with E-state index in [9.17, 15) is 9.59 Å². The first kappa shape index (κ1) is 15.0. The van der Waals surface area contributed by atoms with Gasteiger partial charge in [0.1, 0.15) is 0 Å². The predicted molar refractivity (Wildman–Crippen MR) is 72.2 cm³/mol. The second kappa shape index (κ2) is 7.39. The van der Waals surface area contributed by atoms with Crippen LogP contribution in [-0.2, 0) is 9.59 Å². The Bertz CT molecular complexity index is 292. The quantitative estimate of drug-likeness (QED) is 0.720. The fraction of sp³-hybridized carbons (Fsp3) is 0.857. The molecule has 1 fully saturated rings. The number of carbonyl (C=O) groups is 2. The van der Waals surface area contributed by atoms with Crippen LogP contribution in [0.1, 0.15) is 52.4 Å². The summed E-state index contributed by atoms with van der Waals surface area (Å²) in [4.78, 5) is 27.6. The SMILES string of the molecule is CCCCN(C)C(=O)C(=O)N1CCCCC1CC. The third-order valence-corrected chi connectivity index (χ3v) is 3.74. The number of carbonyl (C=O) groups excluding carboxylic acids is 2. The monoisotopic (exact) mass is 254 g/mol. The van der Waals surface area contributed by atoms with Crippen LogP contribution < -0.4 is 0 Å². The first-order valence-corrected chi connectivity index (χ1v) is 7.17. The summed E-state index contributed by atoms with van der Waals surface area (Å²) in [5.41, 5.74) is 0. The minimum absolute atomic E-state index is 0.259. The molecule has 1 aliphatic rings. The van der Waals surface area contributed by atoms with E-state index in [-0.39, 0.29) is 17.9 Å². The van der Waals surface area contributed by atoms with Crippen molar-refractivity contribution in [1.29, 1.82) is 0 Å². The summed E-state index contributed by atoms with van der Waals surface area (Å²) in [5.74, 6) is -0.649. The van der Waals surface area contributed by atoms with Crippen molar-refractivity contribution in [3.63, 3.8) is 0 Å². The van der Waals surface area contributed by atoms with E-state index in [0.717, 1.165) is 38.6 Å². The molecule has 1 unspecified atom stereocenters. The first-order valence-electron chi connectivity index (χ1n) is 7.17. The number of rotatable bonds is 4. The van der Waals surface area contributed by atoms with E-state index in [2.05, 4.69) is 13.8 Å². The molecule has 0 aromatic rings. The minimum atomic E-state index is -0.344. The van der Waals surface area contributed by atoms with Crippen LogP contribution in [0.4, 0.5) is 0 Å². The smallest absolute Gasteiger partial charge is 0.312 e. The van der Waals surface area contributed by atoms with Crippen LogP contribution in [-0.4, -0.2) is 47.8 Å². The standard InChI is InChI=1S/C14H26N2O2/c1-4-6-10-15(3)13(17)14(18)16-11-8-7-9-12(16)5-2/h12H,4-11H2,1-3H3. The number of nitrogens with zero attached hydrogens (tertiary/aromatic N) is 2. The van der Waals surface area contributed by atoms with Crippen molar-refractivity contribution in [3.05, 3.63) is 0 Å². The number of unbranched alkanes of at least 4 members (excludes halogenated alkanes) is 1. The van der Waals surface area contributed by atoms with Crippen molar-refractivity contribution in [2.75, 3.05) is 20.1 Å². The fourth-order valence-electron chi connectivity index (χ4n) is 2.48. The maximum Gasteiger partial charge on any atom is 0.312 e. The molecule has 0 N–H and O–H groups in total. The van der Waals surface area contributed by atoms with Crippen LogP contribution in [0.5, 0.6) is 0 Å². The van der Waals surface area contributed by atoms with Gasteiger partial charge in [0.2, 0.25) is 0 Å². The lowest BCUT2D eigenvalue weighted by atomic mass is 10.00. The molecule has 0 aromatic heterocycles. The van der Waals surface area contributed by atoms with E-state index in [0.29, 0.717) is 6.54 Å². The molecule has 0 saturated carbocycles. The zero-order valence-electron chi connectivity index (χ0n) is 11.9. The Balaban J connectivity index is 2.58.